The van der Waals surface area contributed by atoms with E-state index in [1.807, 2.05) is 6.07 Å². The van der Waals surface area contributed by atoms with E-state index < -0.39 is 0 Å². The van der Waals surface area contributed by atoms with Crippen LogP contribution in [0.4, 0.5) is 0 Å². The Hall–Kier alpha value is -1.06. The van der Waals surface area contributed by atoms with E-state index in [4.69, 9.17) is 9.47 Å². The summed E-state index contributed by atoms with van der Waals surface area (Å²) in [6.45, 7) is 4.92. The van der Waals surface area contributed by atoms with Gasteiger partial charge in [-0.3, -0.25) is 0 Å². The number of rotatable bonds is 5. The summed E-state index contributed by atoms with van der Waals surface area (Å²) in [5.41, 5.74) is 1.32. The van der Waals surface area contributed by atoms with Gasteiger partial charge < -0.3 is 14.8 Å². The van der Waals surface area contributed by atoms with E-state index in [0.29, 0.717) is 12.0 Å². The summed E-state index contributed by atoms with van der Waals surface area (Å²) in [5, 5.41) is 3.61. The molecular weight excluding hydrogens is 226 g/mol. The lowest BCUT2D eigenvalue weighted by Gasteiger charge is -2.31. The molecule has 1 aliphatic heterocycles. The van der Waals surface area contributed by atoms with E-state index in [0.717, 1.165) is 38.3 Å². The minimum absolute atomic E-state index is 0.411. The number of hydrogen-bond donors (Lipinski definition) is 1. The number of methoxy groups -OCH3 is 1. The van der Waals surface area contributed by atoms with E-state index in [1.54, 1.807) is 7.11 Å². The van der Waals surface area contributed by atoms with E-state index in [2.05, 4.69) is 30.4 Å². The molecule has 1 unspecified atom stereocenters. The van der Waals surface area contributed by atoms with Gasteiger partial charge >= 0.3 is 0 Å². The fourth-order valence-corrected chi connectivity index (χ4v) is 2.66. The molecule has 1 aliphatic rings. The molecule has 3 nitrogen and oxygen atoms in total. The van der Waals surface area contributed by atoms with Crippen LogP contribution in [0.5, 0.6) is 5.75 Å². The minimum Gasteiger partial charge on any atom is -0.497 e. The van der Waals surface area contributed by atoms with Crippen molar-refractivity contribution in [3.8, 4) is 5.75 Å². The molecular formula is C15H23NO2. The molecule has 1 saturated heterocycles. The normalized spacial score (nSPS) is 18.6. The fourth-order valence-electron chi connectivity index (χ4n) is 2.66. The van der Waals surface area contributed by atoms with E-state index in [-0.39, 0.29) is 0 Å². The molecule has 100 valence electrons. The summed E-state index contributed by atoms with van der Waals surface area (Å²) in [5.74, 6) is 1.59. The van der Waals surface area contributed by atoms with Gasteiger partial charge in [-0.15, -0.1) is 0 Å². The smallest absolute Gasteiger partial charge is 0.119 e. The van der Waals surface area contributed by atoms with Crippen molar-refractivity contribution in [1.29, 1.82) is 0 Å². The van der Waals surface area contributed by atoms with Crippen molar-refractivity contribution in [2.75, 3.05) is 26.9 Å². The molecule has 0 aromatic heterocycles. The zero-order chi connectivity index (χ0) is 12.8. The summed E-state index contributed by atoms with van der Waals surface area (Å²) in [7, 11) is 1.72. The van der Waals surface area contributed by atoms with Crippen LogP contribution in [0.3, 0.4) is 0 Å². The summed E-state index contributed by atoms with van der Waals surface area (Å²) in [6.07, 6.45) is 2.27. The lowest BCUT2D eigenvalue weighted by Crippen LogP contribution is -2.32. The number of hydrogen-bond acceptors (Lipinski definition) is 3. The minimum atomic E-state index is 0.411. The van der Waals surface area contributed by atoms with Gasteiger partial charge in [-0.2, -0.15) is 0 Å². The maximum absolute atomic E-state index is 5.46. The molecule has 1 aromatic carbocycles. The van der Waals surface area contributed by atoms with Crippen LogP contribution in [-0.2, 0) is 4.74 Å². The van der Waals surface area contributed by atoms with E-state index in [1.165, 1.54) is 5.56 Å². The monoisotopic (exact) mass is 249 g/mol. The van der Waals surface area contributed by atoms with Gasteiger partial charge in [-0.25, -0.2) is 0 Å². The number of nitrogens with one attached hydrogen (secondary N) is 1. The second kappa shape index (κ2) is 6.76. The lowest BCUT2D eigenvalue weighted by atomic mass is 9.87. The highest BCUT2D eigenvalue weighted by molar-refractivity contribution is 5.31. The number of ether oxygens (including phenoxy) is 2. The summed E-state index contributed by atoms with van der Waals surface area (Å²) in [4.78, 5) is 0. The van der Waals surface area contributed by atoms with Gasteiger partial charge in [0.25, 0.3) is 0 Å². The maximum Gasteiger partial charge on any atom is 0.119 e. The Balaban J connectivity index is 2.16. The topological polar surface area (TPSA) is 30.5 Å². The van der Waals surface area contributed by atoms with Gasteiger partial charge in [0, 0.05) is 19.3 Å². The molecule has 0 spiro atoms. The Kier molecular flexibility index (Phi) is 5.02. The van der Waals surface area contributed by atoms with Gasteiger partial charge in [-0.1, -0.05) is 19.1 Å². The Morgan fingerprint density at radius 1 is 1.39 bits per heavy atom. The second-order valence-electron chi connectivity index (χ2n) is 4.76. The van der Waals surface area contributed by atoms with Gasteiger partial charge in [0.15, 0.2) is 0 Å². The average Bonchev–Trinajstić information content (AvgIpc) is 2.46. The molecule has 1 fully saturated rings. The van der Waals surface area contributed by atoms with Crippen LogP contribution >= 0.6 is 0 Å². The molecule has 1 heterocycles. The second-order valence-corrected chi connectivity index (χ2v) is 4.76. The third-order valence-corrected chi connectivity index (χ3v) is 3.61. The van der Waals surface area contributed by atoms with E-state index in [9.17, 15) is 0 Å². The van der Waals surface area contributed by atoms with Gasteiger partial charge in [-0.05, 0) is 43.0 Å². The molecule has 0 amide bonds. The van der Waals surface area contributed by atoms with Gasteiger partial charge in [0.05, 0.1) is 7.11 Å². The summed E-state index contributed by atoms with van der Waals surface area (Å²) in [6, 6.07) is 8.80. The molecule has 18 heavy (non-hydrogen) atoms. The van der Waals surface area contributed by atoms with Crippen molar-refractivity contribution < 1.29 is 9.47 Å². The quantitative estimate of drug-likeness (QED) is 0.870. The first-order valence-electron chi connectivity index (χ1n) is 6.80. The van der Waals surface area contributed by atoms with Crippen LogP contribution in [0.15, 0.2) is 24.3 Å². The molecule has 2 rings (SSSR count). The zero-order valence-electron chi connectivity index (χ0n) is 11.3. The summed E-state index contributed by atoms with van der Waals surface area (Å²) >= 11 is 0. The molecule has 0 saturated carbocycles. The van der Waals surface area contributed by atoms with Crippen molar-refractivity contribution in [2.24, 2.45) is 5.92 Å². The molecule has 0 radical (unpaired) electrons. The number of benzene rings is 1. The van der Waals surface area contributed by atoms with Crippen molar-refractivity contribution >= 4 is 0 Å². The van der Waals surface area contributed by atoms with Crippen LogP contribution in [0.25, 0.3) is 0 Å². The van der Waals surface area contributed by atoms with Crippen molar-refractivity contribution in [2.45, 2.75) is 25.8 Å². The van der Waals surface area contributed by atoms with Crippen LogP contribution in [0, 0.1) is 5.92 Å². The average molecular weight is 249 g/mol. The Labute approximate surface area is 109 Å². The molecule has 0 bridgehead atoms. The van der Waals surface area contributed by atoms with Crippen molar-refractivity contribution in [1.82, 2.24) is 5.32 Å². The standard InChI is InChI=1S/C15H23NO2/c1-3-16-15(12-7-9-18-10-8-12)13-5-4-6-14(11-13)17-2/h4-6,11-12,15-16H,3,7-10H2,1-2H3. The van der Waals surface area contributed by atoms with Crippen molar-refractivity contribution in [3.63, 3.8) is 0 Å². The first kappa shape index (κ1) is 13.4. The third-order valence-electron chi connectivity index (χ3n) is 3.61. The third kappa shape index (κ3) is 3.24. The van der Waals surface area contributed by atoms with Gasteiger partial charge in [0.1, 0.15) is 5.75 Å². The lowest BCUT2D eigenvalue weighted by molar-refractivity contribution is 0.0538. The van der Waals surface area contributed by atoms with Crippen LogP contribution in [0.2, 0.25) is 0 Å². The first-order chi connectivity index (χ1) is 8.85. The highest BCUT2D eigenvalue weighted by Gasteiger charge is 2.24. The Bertz CT molecular complexity index is 361. The van der Waals surface area contributed by atoms with Gasteiger partial charge in [0.2, 0.25) is 0 Å². The fraction of sp³-hybridized carbons (Fsp3) is 0.600. The van der Waals surface area contributed by atoms with Crippen LogP contribution in [-0.4, -0.2) is 26.9 Å². The first-order valence-corrected chi connectivity index (χ1v) is 6.80. The summed E-state index contributed by atoms with van der Waals surface area (Å²) < 4.78 is 10.8. The SMILES string of the molecule is CCNC(c1cccc(OC)c1)C1CCOCC1. The predicted octanol–water partition coefficient (Wildman–Crippen LogP) is 2.77. The van der Waals surface area contributed by atoms with E-state index >= 15 is 0 Å². The highest BCUT2D eigenvalue weighted by Crippen LogP contribution is 2.31. The predicted molar refractivity (Wildman–Crippen MR) is 73.0 cm³/mol. The highest BCUT2D eigenvalue weighted by atomic mass is 16.5. The van der Waals surface area contributed by atoms with Crippen LogP contribution < -0.4 is 10.1 Å². The Morgan fingerprint density at radius 3 is 2.83 bits per heavy atom. The molecule has 0 aliphatic carbocycles. The Morgan fingerprint density at radius 2 is 2.17 bits per heavy atom. The molecule has 1 atom stereocenters. The zero-order valence-corrected chi connectivity index (χ0v) is 11.3. The van der Waals surface area contributed by atoms with Crippen LogP contribution in [0.1, 0.15) is 31.4 Å². The molecule has 3 heteroatoms. The molecule has 1 N–H and O–H groups in total. The largest absolute Gasteiger partial charge is 0.497 e. The maximum atomic E-state index is 5.46. The van der Waals surface area contributed by atoms with Crippen molar-refractivity contribution in [3.05, 3.63) is 29.8 Å². The molecule has 1 aromatic rings.